The van der Waals surface area contributed by atoms with Crippen molar-refractivity contribution in [1.29, 1.82) is 0 Å². The fourth-order valence-electron chi connectivity index (χ4n) is 2.67. The van der Waals surface area contributed by atoms with Crippen molar-refractivity contribution in [2.75, 3.05) is 31.1 Å². The summed E-state index contributed by atoms with van der Waals surface area (Å²) in [6, 6.07) is 17.5. The fraction of sp³-hybridized carbons (Fsp3) is 0.294. The lowest BCUT2D eigenvalue weighted by atomic mass is 10.1. The zero-order valence-electron chi connectivity index (χ0n) is 11.5. The molecular formula is C17H19FN2. The topological polar surface area (TPSA) is 6.48 Å². The molecule has 2 nitrogen and oxygen atoms in total. The van der Waals surface area contributed by atoms with E-state index >= 15 is 0 Å². The summed E-state index contributed by atoms with van der Waals surface area (Å²) in [6.45, 7) is 4.65. The molecule has 3 heteroatoms. The lowest BCUT2D eigenvalue weighted by Crippen LogP contribution is -2.46. The van der Waals surface area contributed by atoms with Crippen LogP contribution in [0.2, 0.25) is 0 Å². The van der Waals surface area contributed by atoms with Gasteiger partial charge in [0.15, 0.2) is 0 Å². The molecule has 104 valence electrons. The van der Waals surface area contributed by atoms with Gasteiger partial charge in [-0.25, -0.2) is 4.39 Å². The fourth-order valence-corrected chi connectivity index (χ4v) is 2.67. The molecule has 0 aromatic heterocycles. The lowest BCUT2D eigenvalue weighted by molar-refractivity contribution is 0.246. The van der Waals surface area contributed by atoms with Gasteiger partial charge in [0.25, 0.3) is 0 Å². The van der Waals surface area contributed by atoms with Gasteiger partial charge in [-0.1, -0.05) is 36.4 Å². The Morgan fingerprint density at radius 3 is 2.15 bits per heavy atom. The Hall–Kier alpha value is -1.87. The molecule has 0 aliphatic carbocycles. The SMILES string of the molecule is Fc1ccccc1CN1CCN(c2ccccc2)CC1. The first-order valence-electron chi connectivity index (χ1n) is 7.09. The third-order valence-electron chi connectivity index (χ3n) is 3.85. The van der Waals surface area contributed by atoms with Crippen LogP contribution >= 0.6 is 0 Å². The van der Waals surface area contributed by atoms with Crippen molar-refractivity contribution >= 4 is 5.69 Å². The molecule has 0 atom stereocenters. The van der Waals surface area contributed by atoms with Crippen molar-refractivity contribution in [3.63, 3.8) is 0 Å². The standard InChI is InChI=1S/C17H19FN2/c18-17-9-5-4-6-15(17)14-19-10-12-20(13-11-19)16-7-2-1-3-8-16/h1-9H,10-14H2. The minimum atomic E-state index is -0.0991. The van der Waals surface area contributed by atoms with Crippen LogP contribution in [0.4, 0.5) is 10.1 Å². The van der Waals surface area contributed by atoms with Crippen LogP contribution in [0.3, 0.4) is 0 Å². The molecule has 0 amide bonds. The molecule has 2 aromatic carbocycles. The van der Waals surface area contributed by atoms with Crippen LogP contribution in [-0.2, 0) is 6.54 Å². The van der Waals surface area contributed by atoms with Gasteiger partial charge in [0.2, 0.25) is 0 Å². The summed E-state index contributed by atoms with van der Waals surface area (Å²) >= 11 is 0. The van der Waals surface area contributed by atoms with Gasteiger partial charge in [-0.3, -0.25) is 4.90 Å². The van der Waals surface area contributed by atoms with E-state index in [1.165, 1.54) is 11.8 Å². The minimum absolute atomic E-state index is 0.0991. The smallest absolute Gasteiger partial charge is 0.127 e. The molecule has 0 unspecified atom stereocenters. The molecule has 20 heavy (non-hydrogen) atoms. The largest absolute Gasteiger partial charge is 0.369 e. The monoisotopic (exact) mass is 270 g/mol. The summed E-state index contributed by atoms with van der Waals surface area (Å²) in [5.41, 5.74) is 2.07. The first-order chi connectivity index (χ1) is 9.83. The molecule has 0 saturated carbocycles. The van der Waals surface area contributed by atoms with Crippen molar-refractivity contribution < 1.29 is 4.39 Å². The average Bonchev–Trinajstić information content (AvgIpc) is 2.51. The molecule has 0 spiro atoms. The van der Waals surface area contributed by atoms with Crippen LogP contribution in [0.15, 0.2) is 54.6 Å². The van der Waals surface area contributed by atoms with Crippen LogP contribution in [0, 0.1) is 5.82 Å². The highest BCUT2D eigenvalue weighted by Gasteiger charge is 2.17. The van der Waals surface area contributed by atoms with Crippen LogP contribution in [0.1, 0.15) is 5.56 Å². The number of hydrogen-bond donors (Lipinski definition) is 0. The number of rotatable bonds is 3. The van der Waals surface area contributed by atoms with E-state index in [2.05, 4.69) is 34.1 Å². The summed E-state index contributed by atoms with van der Waals surface area (Å²) < 4.78 is 13.6. The van der Waals surface area contributed by atoms with Gasteiger partial charge >= 0.3 is 0 Å². The Labute approximate surface area is 119 Å². The highest BCUT2D eigenvalue weighted by Crippen LogP contribution is 2.17. The Bertz CT molecular complexity index is 548. The molecule has 2 aromatic rings. The third kappa shape index (κ3) is 2.99. The Morgan fingerprint density at radius 1 is 0.800 bits per heavy atom. The Morgan fingerprint density at radius 2 is 1.45 bits per heavy atom. The van der Waals surface area contributed by atoms with E-state index in [0.29, 0.717) is 6.54 Å². The molecule has 1 aliphatic rings. The maximum absolute atomic E-state index is 13.6. The highest BCUT2D eigenvalue weighted by molar-refractivity contribution is 5.46. The zero-order chi connectivity index (χ0) is 13.8. The number of benzene rings is 2. The second-order valence-electron chi connectivity index (χ2n) is 5.19. The summed E-state index contributed by atoms with van der Waals surface area (Å²) in [4.78, 5) is 4.70. The van der Waals surface area contributed by atoms with E-state index in [0.717, 1.165) is 31.7 Å². The first kappa shape index (κ1) is 13.1. The molecule has 1 aliphatic heterocycles. The Kier molecular flexibility index (Phi) is 3.97. The lowest BCUT2D eigenvalue weighted by Gasteiger charge is -2.36. The predicted octanol–water partition coefficient (Wildman–Crippen LogP) is 3.15. The number of halogens is 1. The number of hydrogen-bond acceptors (Lipinski definition) is 2. The van der Waals surface area contributed by atoms with E-state index < -0.39 is 0 Å². The molecule has 0 bridgehead atoms. The van der Waals surface area contributed by atoms with Gasteiger partial charge in [-0.05, 0) is 18.2 Å². The highest BCUT2D eigenvalue weighted by atomic mass is 19.1. The minimum Gasteiger partial charge on any atom is -0.369 e. The average molecular weight is 270 g/mol. The van der Waals surface area contributed by atoms with Gasteiger partial charge in [0.1, 0.15) is 5.82 Å². The summed E-state index contributed by atoms with van der Waals surface area (Å²) in [6.07, 6.45) is 0. The van der Waals surface area contributed by atoms with E-state index in [-0.39, 0.29) is 5.82 Å². The van der Waals surface area contributed by atoms with Gasteiger partial charge in [-0.2, -0.15) is 0 Å². The molecule has 1 heterocycles. The van der Waals surface area contributed by atoms with Crippen LogP contribution in [0.5, 0.6) is 0 Å². The first-order valence-corrected chi connectivity index (χ1v) is 7.09. The maximum atomic E-state index is 13.6. The van der Waals surface area contributed by atoms with Crippen molar-refractivity contribution in [3.8, 4) is 0 Å². The van der Waals surface area contributed by atoms with E-state index in [1.807, 2.05) is 18.2 Å². The number of piperazine rings is 1. The van der Waals surface area contributed by atoms with Crippen molar-refractivity contribution in [2.45, 2.75) is 6.54 Å². The third-order valence-corrected chi connectivity index (χ3v) is 3.85. The molecule has 0 radical (unpaired) electrons. The van der Waals surface area contributed by atoms with Crippen molar-refractivity contribution in [2.24, 2.45) is 0 Å². The van der Waals surface area contributed by atoms with E-state index in [4.69, 9.17) is 0 Å². The van der Waals surface area contributed by atoms with Gasteiger partial charge in [0, 0.05) is 44.0 Å². The van der Waals surface area contributed by atoms with Gasteiger partial charge < -0.3 is 4.90 Å². The predicted molar refractivity (Wildman–Crippen MR) is 80.3 cm³/mol. The number of para-hydroxylation sites is 1. The Balaban J connectivity index is 1.58. The number of nitrogens with zero attached hydrogens (tertiary/aromatic N) is 2. The van der Waals surface area contributed by atoms with Crippen molar-refractivity contribution in [3.05, 3.63) is 66.0 Å². The van der Waals surface area contributed by atoms with Gasteiger partial charge in [-0.15, -0.1) is 0 Å². The molecule has 1 saturated heterocycles. The van der Waals surface area contributed by atoms with E-state index in [1.54, 1.807) is 6.07 Å². The second kappa shape index (κ2) is 6.06. The summed E-state index contributed by atoms with van der Waals surface area (Å²) in [7, 11) is 0. The zero-order valence-corrected chi connectivity index (χ0v) is 11.5. The summed E-state index contributed by atoms with van der Waals surface area (Å²) in [5.74, 6) is -0.0991. The quantitative estimate of drug-likeness (QED) is 0.845. The molecule has 1 fully saturated rings. The molecule has 3 rings (SSSR count). The maximum Gasteiger partial charge on any atom is 0.127 e. The van der Waals surface area contributed by atoms with Crippen LogP contribution < -0.4 is 4.90 Å². The number of anilines is 1. The molecular weight excluding hydrogens is 251 g/mol. The van der Waals surface area contributed by atoms with E-state index in [9.17, 15) is 4.39 Å². The normalized spacial score (nSPS) is 16.4. The summed E-state index contributed by atoms with van der Waals surface area (Å²) in [5, 5.41) is 0. The second-order valence-corrected chi connectivity index (χ2v) is 5.19. The molecule has 0 N–H and O–H groups in total. The van der Waals surface area contributed by atoms with Crippen LogP contribution in [-0.4, -0.2) is 31.1 Å². The van der Waals surface area contributed by atoms with Crippen LogP contribution in [0.25, 0.3) is 0 Å². The van der Waals surface area contributed by atoms with Crippen molar-refractivity contribution in [1.82, 2.24) is 4.90 Å². The van der Waals surface area contributed by atoms with Gasteiger partial charge in [0.05, 0.1) is 0 Å².